The second-order valence-corrected chi connectivity index (χ2v) is 3.51. The molecule has 0 N–H and O–H groups in total. The molecule has 62 valence electrons. The van der Waals surface area contributed by atoms with Crippen LogP contribution in [0.3, 0.4) is 0 Å². The fourth-order valence-electron chi connectivity index (χ4n) is 1.10. The van der Waals surface area contributed by atoms with Gasteiger partial charge in [-0.2, -0.15) is 0 Å². The Balaban J connectivity index is 2.86. The first-order chi connectivity index (χ1) is 5.75. The normalized spacial score (nSPS) is 9.42. The molecule has 0 fully saturated rings. The van der Waals surface area contributed by atoms with E-state index in [1.165, 1.54) is 11.1 Å². The molecular formula is C10H10BrN. The number of hydrogen-bond donors (Lipinski definition) is 0. The van der Waals surface area contributed by atoms with Crippen LogP contribution < -0.4 is 0 Å². The van der Waals surface area contributed by atoms with Crippen molar-refractivity contribution in [3.8, 4) is 0 Å². The molecule has 0 radical (unpaired) electrons. The van der Waals surface area contributed by atoms with Gasteiger partial charge in [0, 0.05) is 10.9 Å². The van der Waals surface area contributed by atoms with Gasteiger partial charge in [-0.05, 0) is 24.1 Å². The third kappa shape index (κ3) is 2.09. The Morgan fingerprint density at radius 1 is 1.50 bits per heavy atom. The van der Waals surface area contributed by atoms with Crippen molar-refractivity contribution in [2.45, 2.75) is 13.3 Å². The zero-order valence-electron chi connectivity index (χ0n) is 6.97. The highest BCUT2D eigenvalue weighted by Gasteiger charge is 2.01. The van der Waals surface area contributed by atoms with E-state index in [9.17, 15) is 0 Å². The molecule has 1 nitrogen and oxygen atoms in total. The van der Waals surface area contributed by atoms with Crippen LogP contribution in [0.25, 0.3) is 4.85 Å². The van der Waals surface area contributed by atoms with Gasteiger partial charge in [-0.25, -0.2) is 6.57 Å². The molecule has 0 aliphatic carbocycles. The molecule has 1 aromatic carbocycles. The third-order valence-corrected chi connectivity index (χ3v) is 2.73. The summed E-state index contributed by atoms with van der Waals surface area (Å²) in [6.07, 6.45) is 0.856. The molecule has 12 heavy (non-hydrogen) atoms. The van der Waals surface area contributed by atoms with Crippen molar-refractivity contribution >= 4 is 15.9 Å². The highest BCUT2D eigenvalue weighted by Crippen LogP contribution is 2.19. The highest BCUT2D eigenvalue weighted by molar-refractivity contribution is 9.10. The van der Waals surface area contributed by atoms with E-state index < -0.39 is 0 Å². The lowest BCUT2D eigenvalue weighted by Crippen LogP contribution is -1.91. The Morgan fingerprint density at radius 3 is 2.92 bits per heavy atom. The first-order valence-corrected chi connectivity index (χ1v) is 4.62. The molecule has 0 saturated heterocycles. The van der Waals surface area contributed by atoms with Gasteiger partial charge in [0.15, 0.2) is 0 Å². The van der Waals surface area contributed by atoms with Gasteiger partial charge in [0.25, 0.3) is 0 Å². The molecule has 1 aromatic rings. The van der Waals surface area contributed by atoms with Crippen molar-refractivity contribution in [3.63, 3.8) is 0 Å². The van der Waals surface area contributed by atoms with Crippen molar-refractivity contribution < 1.29 is 0 Å². The SMILES string of the molecule is [C-]#[N+]CCc1cccc(Br)c1C. The van der Waals surface area contributed by atoms with Crippen LogP contribution in [-0.4, -0.2) is 6.54 Å². The minimum atomic E-state index is 0.581. The molecule has 2 heteroatoms. The fraction of sp³-hybridized carbons (Fsp3) is 0.300. The Bertz CT molecular complexity index is 312. The Hall–Kier alpha value is -0.810. The predicted molar refractivity (Wildman–Crippen MR) is 54.1 cm³/mol. The summed E-state index contributed by atoms with van der Waals surface area (Å²) in [5.41, 5.74) is 2.52. The van der Waals surface area contributed by atoms with E-state index in [0.29, 0.717) is 6.54 Å². The smallest absolute Gasteiger partial charge is 0.218 e. The highest BCUT2D eigenvalue weighted by atomic mass is 79.9. The van der Waals surface area contributed by atoms with Crippen molar-refractivity contribution in [2.24, 2.45) is 0 Å². The maximum absolute atomic E-state index is 6.69. The van der Waals surface area contributed by atoms with Crippen LogP contribution in [0.5, 0.6) is 0 Å². The van der Waals surface area contributed by atoms with Crippen LogP contribution in [0, 0.1) is 13.5 Å². The van der Waals surface area contributed by atoms with Gasteiger partial charge >= 0.3 is 0 Å². The number of rotatable bonds is 2. The molecule has 0 bridgehead atoms. The van der Waals surface area contributed by atoms with Crippen LogP contribution in [0.4, 0.5) is 0 Å². The summed E-state index contributed by atoms with van der Waals surface area (Å²) in [7, 11) is 0. The lowest BCUT2D eigenvalue weighted by molar-refractivity contribution is 1.05. The molecule has 0 atom stereocenters. The van der Waals surface area contributed by atoms with E-state index in [1.807, 2.05) is 12.1 Å². The Kier molecular flexibility index (Phi) is 3.31. The lowest BCUT2D eigenvalue weighted by Gasteiger charge is -2.03. The van der Waals surface area contributed by atoms with Gasteiger partial charge in [0.1, 0.15) is 0 Å². The molecular weight excluding hydrogens is 214 g/mol. The fourth-order valence-corrected chi connectivity index (χ4v) is 1.51. The molecule has 0 unspecified atom stereocenters. The quantitative estimate of drug-likeness (QED) is 0.679. The van der Waals surface area contributed by atoms with E-state index in [0.717, 1.165) is 10.9 Å². The summed E-state index contributed by atoms with van der Waals surface area (Å²) in [6, 6.07) is 6.11. The Labute approximate surface area is 81.4 Å². The Morgan fingerprint density at radius 2 is 2.25 bits per heavy atom. The largest absolute Gasteiger partial charge is 0.317 e. The molecule has 0 aliphatic heterocycles. The minimum Gasteiger partial charge on any atom is -0.317 e. The number of halogens is 1. The number of benzene rings is 1. The maximum Gasteiger partial charge on any atom is 0.218 e. The summed E-state index contributed by atoms with van der Waals surface area (Å²) >= 11 is 3.46. The topological polar surface area (TPSA) is 4.36 Å². The second-order valence-electron chi connectivity index (χ2n) is 2.66. The van der Waals surface area contributed by atoms with Gasteiger partial charge in [-0.1, -0.05) is 28.1 Å². The van der Waals surface area contributed by atoms with Crippen molar-refractivity contribution in [1.82, 2.24) is 0 Å². The molecule has 0 heterocycles. The van der Waals surface area contributed by atoms with Crippen molar-refractivity contribution in [3.05, 3.63) is 45.2 Å². The zero-order chi connectivity index (χ0) is 8.97. The van der Waals surface area contributed by atoms with Crippen LogP contribution >= 0.6 is 15.9 Å². The molecule has 0 amide bonds. The average molecular weight is 224 g/mol. The van der Waals surface area contributed by atoms with Crippen LogP contribution in [0.2, 0.25) is 0 Å². The molecule has 0 aliphatic rings. The molecule has 1 rings (SSSR count). The average Bonchev–Trinajstić information content (AvgIpc) is 2.08. The lowest BCUT2D eigenvalue weighted by atomic mass is 10.1. The zero-order valence-corrected chi connectivity index (χ0v) is 8.56. The van der Waals surface area contributed by atoms with Gasteiger partial charge < -0.3 is 4.85 Å². The van der Waals surface area contributed by atoms with E-state index in [-0.39, 0.29) is 0 Å². The molecule has 0 aromatic heterocycles. The summed E-state index contributed by atoms with van der Waals surface area (Å²) in [4.78, 5) is 3.34. The number of hydrogen-bond acceptors (Lipinski definition) is 0. The van der Waals surface area contributed by atoms with Crippen LogP contribution in [0.1, 0.15) is 11.1 Å². The first kappa shape index (κ1) is 9.28. The van der Waals surface area contributed by atoms with Crippen LogP contribution in [0.15, 0.2) is 22.7 Å². The van der Waals surface area contributed by atoms with Crippen LogP contribution in [-0.2, 0) is 6.42 Å². The maximum atomic E-state index is 6.69. The number of nitrogens with zero attached hydrogens (tertiary/aromatic N) is 1. The predicted octanol–water partition coefficient (Wildman–Crippen LogP) is 3.22. The van der Waals surface area contributed by atoms with Crippen molar-refractivity contribution in [2.75, 3.05) is 6.54 Å². The van der Waals surface area contributed by atoms with E-state index in [1.54, 1.807) is 0 Å². The standard InChI is InChI=1S/C10H10BrN/c1-8-9(6-7-12-2)4-3-5-10(8)11/h3-5H,6-7H2,1H3. The third-order valence-electron chi connectivity index (χ3n) is 1.87. The minimum absolute atomic E-state index is 0.581. The van der Waals surface area contributed by atoms with E-state index in [2.05, 4.69) is 33.8 Å². The summed E-state index contributed by atoms with van der Waals surface area (Å²) < 4.78 is 1.13. The van der Waals surface area contributed by atoms with Gasteiger partial charge in [0.05, 0.1) is 0 Å². The van der Waals surface area contributed by atoms with Gasteiger partial charge in [0.2, 0.25) is 6.54 Å². The molecule has 0 saturated carbocycles. The molecule has 0 spiro atoms. The van der Waals surface area contributed by atoms with Crippen molar-refractivity contribution in [1.29, 1.82) is 0 Å². The second kappa shape index (κ2) is 4.27. The monoisotopic (exact) mass is 223 g/mol. The first-order valence-electron chi connectivity index (χ1n) is 3.83. The van der Waals surface area contributed by atoms with Gasteiger partial charge in [-0.3, -0.25) is 0 Å². The van der Waals surface area contributed by atoms with E-state index in [4.69, 9.17) is 6.57 Å². The summed E-state index contributed by atoms with van der Waals surface area (Å²) in [5.74, 6) is 0. The summed E-state index contributed by atoms with van der Waals surface area (Å²) in [6.45, 7) is 9.34. The summed E-state index contributed by atoms with van der Waals surface area (Å²) in [5, 5.41) is 0. The van der Waals surface area contributed by atoms with Gasteiger partial charge in [-0.15, -0.1) is 0 Å². The van der Waals surface area contributed by atoms with E-state index >= 15 is 0 Å².